The molecule has 0 spiro atoms. The predicted octanol–water partition coefficient (Wildman–Crippen LogP) is 0.773. The Morgan fingerprint density at radius 3 is 3.31 bits per heavy atom. The Balaban J connectivity index is 1.96. The summed E-state index contributed by atoms with van der Waals surface area (Å²) in [5.74, 6) is 2.39. The van der Waals surface area contributed by atoms with Crippen molar-refractivity contribution in [3.8, 4) is 0 Å². The van der Waals surface area contributed by atoms with E-state index >= 15 is 0 Å². The van der Waals surface area contributed by atoms with Crippen LogP contribution in [0.4, 0.5) is 0 Å². The lowest BCUT2D eigenvalue weighted by atomic mass is 10.2. The molecule has 0 aromatic carbocycles. The number of nitrogens with zero attached hydrogens (tertiary/aromatic N) is 2. The molecule has 2 rings (SSSR count). The molecule has 1 unspecified atom stereocenters. The first kappa shape index (κ1) is 9.19. The summed E-state index contributed by atoms with van der Waals surface area (Å²) in [5.41, 5.74) is 0. The van der Waals surface area contributed by atoms with Gasteiger partial charge in [0.25, 0.3) is 0 Å². The Labute approximate surface area is 84.0 Å². The van der Waals surface area contributed by atoms with Gasteiger partial charge in [-0.1, -0.05) is 0 Å². The topological polar surface area (TPSA) is 27.6 Å². The van der Waals surface area contributed by atoms with Crippen molar-refractivity contribution in [2.24, 2.45) is 4.99 Å². The van der Waals surface area contributed by atoms with Gasteiger partial charge in [0.2, 0.25) is 0 Å². The number of nitrogens with one attached hydrogen (secondary N) is 1. The molecule has 2 heterocycles. The van der Waals surface area contributed by atoms with Crippen LogP contribution in [-0.4, -0.2) is 48.5 Å². The lowest BCUT2D eigenvalue weighted by Crippen LogP contribution is -2.42. The van der Waals surface area contributed by atoms with Crippen molar-refractivity contribution in [2.75, 3.05) is 31.6 Å². The van der Waals surface area contributed by atoms with E-state index in [0.717, 1.165) is 25.1 Å². The van der Waals surface area contributed by atoms with Gasteiger partial charge < -0.3 is 10.2 Å². The fraction of sp³-hybridized carbons (Fsp3) is 0.889. The summed E-state index contributed by atoms with van der Waals surface area (Å²) < 4.78 is 0. The lowest BCUT2D eigenvalue weighted by Gasteiger charge is -2.25. The molecular formula is C9H17N3S. The zero-order valence-electron chi connectivity index (χ0n) is 8.12. The Morgan fingerprint density at radius 1 is 1.69 bits per heavy atom. The van der Waals surface area contributed by atoms with Gasteiger partial charge in [-0.25, -0.2) is 0 Å². The first-order valence-electron chi connectivity index (χ1n) is 4.95. The Morgan fingerprint density at radius 2 is 2.62 bits per heavy atom. The molecule has 2 aliphatic rings. The van der Waals surface area contributed by atoms with Gasteiger partial charge in [-0.05, 0) is 19.1 Å². The third-order valence-corrected chi connectivity index (χ3v) is 3.38. The molecule has 4 heteroatoms. The summed E-state index contributed by atoms with van der Waals surface area (Å²) in [5, 5.41) is 3.35. The first-order valence-corrected chi connectivity index (χ1v) is 6.35. The van der Waals surface area contributed by atoms with Crippen LogP contribution in [0, 0.1) is 0 Å². The molecule has 0 aliphatic carbocycles. The van der Waals surface area contributed by atoms with Crippen molar-refractivity contribution in [3.63, 3.8) is 0 Å². The highest BCUT2D eigenvalue weighted by Gasteiger charge is 2.27. The molecule has 0 aromatic rings. The quantitative estimate of drug-likeness (QED) is 0.712. The molecule has 0 saturated carbocycles. The minimum Gasteiger partial charge on any atom is -0.354 e. The normalized spacial score (nSPS) is 27.6. The monoisotopic (exact) mass is 199 g/mol. The van der Waals surface area contributed by atoms with E-state index in [1.807, 2.05) is 11.8 Å². The highest BCUT2D eigenvalue weighted by Crippen LogP contribution is 2.20. The Bertz CT molecular complexity index is 205. The molecular weight excluding hydrogens is 182 g/mol. The van der Waals surface area contributed by atoms with Gasteiger partial charge in [0, 0.05) is 24.9 Å². The number of aliphatic imine (C=N–C) groups is 1. The third-order valence-electron chi connectivity index (χ3n) is 2.66. The van der Waals surface area contributed by atoms with E-state index in [1.165, 1.54) is 25.1 Å². The number of hydrogen-bond acceptors (Lipinski definition) is 4. The minimum absolute atomic E-state index is 0.722. The maximum atomic E-state index is 4.47. The molecule has 13 heavy (non-hydrogen) atoms. The molecule has 1 atom stereocenters. The summed E-state index contributed by atoms with van der Waals surface area (Å²) in [6.45, 7) is 3.17. The Hall–Kier alpha value is -0.380. The summed E-state index contributed by atoms with van der Waals surface area (Å²) in [6, 6.07) is 0.722. The molecule has 3 nitrogen and oxygen atoms in total. The second kappa shape index (κ2) is 4.22. The largest absolute Gasteiger partial charge is 0.354 e. The number of hydrogen-bond donors (Lipinski definition) is 1. The van der Waals surface area contributed by atoms with Gasteiger partial charge >= 0.3 is 0 Å². The molecule has 1 saturated heterocycles. The fourth-order valence-electron chi connectivity index (χ4n) is 2.06. The SMILES string of the molecule is CSCC1CCCN1C1=NCCN1. The lowest BCUT2D eigenvalue weighted by molar-refractivity contribution is 0.410. The average Bonchev–Trinajstić information content (AvgIpc) is 2.71. The zero-order chi connectivity index (χ0) is 9.10. The smallest absolute Gasteiger partial charge is 0.194 e. The fourth-order valence-corrected chi connectivity index (χ4v) is 2.79. The number of likely N-dealkylation sites (tertiary alicyclic amines) is 1. The summed E-state index contributed by atoms with van der Waals surface area (Å²) >= 11 is 1.94. The predicted molar refractivity (Wildman–Crippen MR) is 58.4 cm³/mol. The summed E-state index contributed by atoms with van der Waals surface area (Å²) in [6.07, 6.45) is 4.84. The van der Waals surface area contributed by atoms with Gasteiger partial charge in [0.15, 0.2) is 5.96 Å². The van der Waals surface area contributed by atoms with Gasteiger partial charge in [-0.2, -0.15) is 11.8 Å². The van der Waals surface area contributed by atoms with E-state index in [1.54, 1.807) is 0 Å². The van der Waals surface area contributed by atoms with Crippen LogP contribution >= 0.6 is 11.8 Å². The van der Waals surface area contributed by atoms with Crippen LogP contribution in [0.25, 0.3) is 0 Å². The van der Waals surface area contributed by atoms with E-state index in [0.29, 0.717) is 0 Å². The molecule has 1 fully saturated rings. The number of rotatable bonds is 2. The van der Waals surface area contributed by atoms with E-state index in [9.17, 15) is 0 Å². The highest BCUT2D eigenvalue weighted by molar-refractivity contribution is 7.98. The van der Waals surface area contributed by atoms with Crippen molar-refractivity contribution >= 4 is 17.7 Å². The van der Waals surface area contributed by atoms with Crippen LogP contribution < -0.4 is 5.32 Å². The second-order valence-corrected chi connectivity index (χ2v) is 4.49. The molecule has 1 N–H and O–H groups in total. The second-order valence-electron chi connectivity index (χ2n) is 3.58. The van der Waals surface area contributed by atoms with Gasteiger partial charge in [-0.15, -0.1) is 0 Å². The minimum atomic E-state index is 0.722. The van der Waals surface area contributed by atoms with E-state index in [2.05, 4.69) is 21.5 Å². The van der Waals surface area contributed by atoms with Crippen molar-refractivity contribution in [1.29, 1.82) is 0 Å². The van der Waals surface area contributed by atoms with Gasteiger partial charge in [-0.3, -0.25) is 4.99 Å². The third kappa shape index (κ3) is 1.93. The van der Waals surface area contributed by atoms with Crippen molar-refractivity contribution < 1.29 is 0 Å². The average molecular weight is 199 g/mol. The first-order chi connectivity index (χ1) is 6.42. The van der Waals surface area contributed by atoms with Crippen LogP contribution in [0.5, 0.6) is 0 Å². The zero-order valence-corrected chi connectivity index (χ0v) is 8.94. The molecule has 2 aliphatic heterocycles. The van der Waals surface area contributed by atoms with E-state index < -0.39 is 0 Å². The molecule has 0 amide bonds. The molecule has 0 bridgehead atoms. The molecule has 0 radical (unpaired) electrons. The van der Waals surface area contributed by atoms with Gasteiger partial charge in [0.1, 0.15) is 0 Å². The summed E-state index contributed by atoms with van der Waals surface area (Å²) in [4.78, 5) is 6.92. The standard InChI is InChI=1S/C9H17N3S/c1-13-7-8-3-2-6-12(8)9-10-4-5-11-9/h8H,2-7H2,1H3,(H,10,11). The number of guanidine groups is 1. The maximum absolute atomic E-state index is 4.47. The Kier molecular flexibility index (Phi) is 2.98. The number of thioether (sulfide) groups is 1. The summed E-state index contributed by atoms with van der Waals surface area (Å²) in [7, 11) is 0. The van der Waals surface area contributed by atoms with Crippen molar-refractivity contribution in [2.45, 2.75) is 18.9 Å². The van der Waals surface area contributed by atoms with Crippen molar-refractivity contribution in [3.05, 3.63) is 0 Å². The maximum Gasteiger partial charge on any atom is 0.194 e. The van der Waals surface area contributed by atoms with E-state index in [-0.39, 0.29) is 0 Å². The molecule has 0 aromatic heterocycles. The van der Waals surface area contributed by atoms with Crippen molar-refractivity contribution in [1.82, 2.24) is 10.2 Å². The van der Waals surface area contributed by atoms with Crippen LogP contribution in [0.3, 0.4) is 0 Å². The highest BCUT2D eigenvalue weighted by atomic mass is 32.2. The van der Waals surface area contributed by atoms with Crippen LogP contribution in [0.15, 0.2) is 4.99 Å². The van der Waals surface area contributed by atoms with Crippen LogP contribution in [0.2, 0.25) is 0 Å². The van der Waals surface area contributed by atoms with Gasteiger partial charge in [0.05, 0.1) is 6.54 Å². The van der Waals surface area contributed by atoms with Crippen LogP contribution in [-0.2, 0) is 0 Å². The van der Waals surface area contributed by atoms with Crippen LogP contribution in [0.1, 0.15) is 12.8 Å². The molecule has 74 valence electrons. The van der Waals surface area contributed by atoms with E-state index in [4.69, 9.17) is 0 Å².